The second-order valence-electron chi connectivity index (χ2n) is 3.85. The minimum absolute atomic E-state index is 0.206. The third-order valence-electron chi connectivity index (χ3n) is 2.48. The predicted molar refractivity (Wildman–Crippen MR) is 69.0 cm³/mol. The normalized spacial score (nSPS) is 10.2. The minimum Gasteiger partial charge on any atom is -0.351 e. The lowest BCUT2D eigenvalue weighted by Gasteiger charge is -2.05. The third kappa shape index (κ3) is 3.75. The van der Waals surface area contributed by atoms with Gasteiger partial charge < -0.3 is 10.7 Å². The Hall–Kier alpha value is -2.48. The molecule has 0 aliphatic rings. The van der Waals surface area contributed by atoms with Gasteiger partial charge in [0.2, 0.25) is 0 Å². The van der Waals surface area contributed by atoms with Gasteiger partial charge in [-0.15, -0.1) is 5.10 Å². The number of nitrogens with zero attached hydrogens (tertiary/aromatic N) is 4. The van der Waals surface area contributed by atoms with Crippen molar-refractivity contribution in [3.63, 3.8) is 0 Å². The second kappa shape index (κ2) is 6.45. The zero-order valence-electron chi connectivity index (χ0n) is 10.3. The number of nitrogens with one attached hydrogen (secondary N) is 2. The van der Waals surface area contributed by atoms with E-state index in [0.717, 1.165) is 6.42 Å². The van der Waals surface area contributed by atoms with Crippen LogP contribution in [-0.4, -0.2) is 32.4 Å². The van der Waals surface area contributed by atoms with Crippen molar-refractivity contribution < 1.29 is 4.79 Å². The summed E-state index contributed by atoms with van der Waals surface area (Å²) < 4.78 is 1.71. The molecule has 2 rings (SSSR count). The van der Waals surface area contributed by atoms with Gasteiger partial charge in [-0.1, -0.05) is 5.21 Å². The van der Waals surface area contributed by atoms with E-state index >= 15 is 0 Å². The van der Waals surface area contributed by atoms with Crippen molar-refractivity contribution in [3.05, 3.63) is 36.4 Å². The van der Waals surface area contributed by atoms with Crippen LogP contribution >= 0.6 is 0 Å². The molecule has 2 aromatic rings. The Morgan fingerprint density at radius 3 is 2.95 bits per heavy atom. The van der Waals surface area contributed by atoms with Gasteiger partial charge in [0, 0.05) is 19.3 Å². The van der Waals surface area contributed by atoms with Crippen molar-refractivity contribution in [1.29, 1.82) is 0 Å². The fourth-order valence-corrected chi connectivity index (χ4v) is 1.50. The standard InChI is InChI=1S/C11H15N7O/c12-16-9-2-3-10(14-8-9)11(19)13-4-1-6-18-7-5-15-17-18/h2-3,5,7-8,16H,1,4,6,12H2,(H,13,19). The molecule has 0 atom stereocenters. The molecule has 0 aliphatic carbocycles. The zero-order chi connectivity index (χ0) is 13.5. The molecule has 0 radical (unpaired) electrons. The number of aryl methyl sites for hydroxylation is 1. The zero-order valence-corrected chi connectivity index (χ0v) is 10.3. The Morgan fingerprint density at radius 2 is 2.32 bits per heavy atom. The van der Waals surface area contributed by atoms with E-state index in [2.05, 4.69) is 26.0 Å². The Kier molecular flexibility index (Phi) is 4.40. The Balaban J connectivity index is 1.74. The van der Waals surface area contributed by atoms with E-state index in [1.54, 1.807) is 29.2 Å². The van der Waals surface area contributed by atoms with E-state index in [1.165, 1.54) is 6.20 Å². The van der Waals surface area contributed by atoms with Crippen molar-refractivity contribution in [2.45, 2.75) is 13.0 Å². The molecule has 0 saturated heterocycles. The fraction of sp³-hybridized carbons (Fsp3) is 0.273. The van der Waals surface area contributed by atoms with Gasteiger partial charge in [0.1, 0.15) is 5.69 Å². The molecule has 2 aromatic heterocycles. The molecular formula is C11H15N7O. The fourth-order valence-electron chi connectivity index (χ4n) is 1.50. The maximum absolute atomic E-state index is 11.7. The highest BCUT2D eigenvalue weighted by molar-refractivity contribution is 5.92. The number of pyridine rings is 1. The summed E-state index contributed by atoms with van der Waals surface area (Å²) in [6.07, 6.45) is 5.68. The first-order chi connectivity index (χ1) is 9.29. The Bertz CT molecular complexity index is 508. The number of hydrogen-bond donors (Lipinski definition) is 3. The molecule has 0 aliphatic heterocycles. The number of aromatic nitrogens is 4. The number of hydrazine groups is 1. The van der Waals surface area contributed by atoms with E-state index in [1.807, 2.05) is 0 Å². The van der Waals surface area contributed by atoms with Gasteiger partial charge in [-0.3, -0.25) is 15.3 Å². The van der Waals surface area contributed by atoms with Gasteiger partial charge in [-0.2, -0.15) is 0 Å². The van der Waals surface area contributed by atoms with Gasteiger partial charge in [0.25, 0.3) is 5.91 Å². The van der Waals surface area contributed by atoms with Crippen LogP contribution in [0.25, 0.3) is 0 Å². The Labute approximate surface area is 110 Å². The van der Waals surface area contributed by atoms with Crippen LogP contribution in [0.3, 0.4) is 0 Å². The highest BCUT2D eigenvalue weighted by atomic mass is 16.1. The van der Waals surface area contributed by atoms with Crippen LogP contribution in [0, 0.1) is 0 Å². The molecule has 1 amide bonds. The third-order valence-corrected chi connectivity index (χ3v) is 2.48. The molecular weight excluding hydrogens is 246 g/mol. The molecule has 0 fully saturated rings. The van der Waals surface area contributed by atoms with Gasteiger partial charge in [0.05, 0.1) is 18.1 Å². The average Bonchev–Trinajstić information content (AvgIpc) is 2.96. The summed E-state index contributed by atoms with van der Waals surface area (Å²) in [7, 11) is 0. The monoisotopic (exact) mass is 261 g/mol. The molecule has 19 heavy (non-hydrogen) atoms. The SMILES string of the molecule is NNc1ccc(C(=O)NCCCn2ccnn2)nc1. The Morgan fingerprint density at radius 1 is 1.42 bits per heavy atom. The highest BCUT2D eigenvalue weighted by Gasteiger charge is 2.05. The van der Waals surface area contributed by atoms with Crippen LogP contribution in [0.1, 0.15) is 16.9 Å². The topological polar surface area (TPSA) is 111 Å². The molecule has 8 nitrogen and oxygen atoms in total. The van der Waals surface area contributed by atoms with Crippen molar-refractivity contribution >= 4 is 11.6 Å². The molecule has 0 aromatic carbocycles. The van der Waals surface area contributed by atoms with Crippen LogP contribution in [-0.2, 0) is 6.54 Å². The smallest absolute Gasteiger partial charge is 0.269 e. The van der Waals surface area contributed by atoms with Crippen molar-refractivity contribution in [2.24, 2.45) is 5.84 Å². The molecule has 8 heteroatoms. The summed E-state index contributed by atoms with van der Waals surface area (Å²) in [6.45, 7) is 1.26. The predicted octanol–water partition coefficient (Wildman–Crippen LogP) is -0.221. The summed E-state index contributed by atoms with van der Waals surface area (Å²) in [4.78, 5) is 15.7. The quantitative estimate of drug-likeness (QED) is 0.376. The lowest BCUT2D eigenvalue weighted by molar-refractivity contribution is 0.0947. The molecule has 0 unspecified atom stereocenters. The van der Waals surface area contributed by atoms with Crippen LogP contribution < -0.4 is 16.6 Å². The summed E-state index contributed by atoms with van der Waals surface area (Å²) in [5.41, 5.74) is 3.47. The minimum atomic E-state index is -0.206. The molecule has 2 heterocycles. The first kappa shape index (κ1) is 13.0. The van der Waals surface area contributed by atoms with E-state index in [-0.39, 0.29) is 5.91 Å². The summed E-state index contributed by atoms with van der Waals surface area (Å²) >= 11 is 0. The van der Waals surface area contributed by atoms with Crippen LogP contribution in [0.15, 0.2) is 30.7 Å². The molecule has 0 bridgehead atoms. The number of nitrogen functional groups attached to an aromatic ring is 1. The first-order valence-electron chi connectivity index (χ1n) is 5.84. The van der Waals surface area contributed by atoms with E-state index in [4.69, 9.17) is 5.84 Å². The number of amides is 1. The van der Waals surface area contributed by atoms with E-state index < -0.39 is 0 Å². The van der Waals surface area contributed by atoms with Gasteiger partial charge >= 0.3 is 0 Å². The number of carbonyl (C=O) groups is 1. The van der Waals surface area contributed by atoms with E-state index in [0.29, 0.717) is 24.5 Å². The van der Waals surface area contributed by atoms with Crippen LogP contribution in [0.5, 0.6) is 0 Å². The lowest BCUT2D eigenvalue weighted by atomic mass is 10.3. The number of rotatable bonds is 6. The summed E-state index contributed by atoms with van der Waals surface area (Å²) in [5, 5.41) is 10.3. The summed E-state index contributed by atoms with van der Waals surface area (Å²) in [6, 6.07) is 3.30. The maximum atomic E-state index is 11.7. The van der Waals surface area contributed by atoms with Gasteiger partial charge in [0.15, 0.2) is 0 Å². The van der Waals surface area contributed by atoms with Crippen molar-refractivity contribution in [2.75, 3.05) is 12.0 Å². The lowest BCUT2D eigenvalue weighted by Crippen LogP contribution is -2.26. The first-order valence-corrected chi connectivity index (χ1v) is 5.84. The van der Waals surface area contributed by atoms with Crippen molar-refractivity contribution in [1.82, 2.24) is 25.3 Å². The molecule has 0 saturated carbocycles. The largest absolute Gasteiger partial charge is 0.351 e. The number of nitrogens with two attached hydrogens (primary N) is 1. The second-order valence-corrected chi connectivity index (χ2v) is 3.85. The molecule has 100 valence electrons. The van der Waals surface area contributed by atoms with Crippen LogP contribution in [0.2, 0.25) is 0 Å². The molecule has 0 spiro atoms. The number of hydrogen-bond acceptors (Lipinski definition) is 6. The average molecular weight is 261 g/mol. The summed E-state index contributed by atoms with van der Waals surface area (Å²) in [5.74, 6) is 5.01. The van der Waals surface area contributed by atoms with Gasteiger partial charge in [-0.25, -0.2) is 4.98 Å². The van der Waals surface area contributed by atoms with Crippen LogP contribution in [0.4, 0.5) is 5.69 Å². The number of carbonyl (C=O) groups excluding carboxylic acids is 1. The highest BCUT2D eigenvalue weighted by Crippen LogP contribution is 2.03. The van der Waals surface area contributed by atoms with Gasteiger partial charge in [-0.05, 0) is 18.6 Å². The maximum Gasteiger partial charge on any atom is 0.269 e. The van der Waals surface area contributed by atoms with Crippen molar-refractivity contribution in [3.8, 4) is 0 Å². The van der Waals surface area contributed by atoms with E-state index in [9.17, 15) is 4.79 Å². The molecule has 4 N–H and O–H groups in total. The number of anilines is 1.